The van der Waals surface area contributed by atoms with Crippen LogP contribution in [0.3, 0.4) is 0 Å². The van der Waals surface area contributed by atoms with Crippen LogP contribution in [0, 0.1) is 5.92 Å². The van der Waals surface area contributed by atoms with Gasteiger partial charge in [-0.05, 0) is 51.1 Å². The van der Waals surface area contributed by atoms with Gasteiger partial charge in [0.1, 0.15) is 0 Å². The van der Waals surface area contributed by atoms with E-state index in [0.29, 0.717) is 6.54 Å². The van der Waals surface area contributed by atoms with Crippen LogP contribution in [-0.4, -0.2) is 72.8 Å². The standard InChI is InChI=1S/C19H36N4O/c1-20-18(21-16-19(24)9-4-2-5-10-19)23-13-8-17(15-23)14-22-11-6-3-7-12-22/h17,24H,2-16H2,1H3,(H,20,21). The van der Waals surface area contributed by atoms with Crippen LogP contribution in [0.2, 0.25) is 0 Å². The Kier molecular flexibility index (Phi) is 6.39. The summed E-state index contributed by atoms with van der Waals surface area (Å²) in [5, 5.41) is 14.1. The molecule has 24 heavy (non-hydrogen) atoms. The van der Waals surface area contributed by atoms with Gasteiger partial charge in [-0.2, -0.15) is 0 Å². The van der Waals surface area contributed by atoms with E-state index in [9.17, 15) is 5.11 Å². The number of aliphatic hydroxyl groups is 1. The molecular formula is C19H36N4O. The van der Waals surface area contributed by atoms with Crippen molar-refractivity contribution in [3.8, 4) is 0 Å². The molecule has 3 aliphatic rings. The lowest BCUT2D eigenvalue weighted by Gasteiger charge is -2.34. The molecule has 0 radical (unpaired) electrons. The first-order valence-electron chi connectivity index (χ1n) is 10.1. The van der Waals surface area contributed by atoms with E-state index in [1.165, 1.54) is 51.7 Å². The molecule has 3 rings (SSSR count). The predicted octanol–water partition coefficient (Wildman–Crippen LogP) is 2.06. The Labute approximate surface area is 147 Å². The van der Waals surface area contributed by atoms with Crippen LogP contribution in [0.1, 0.15) is 57.8 Å². The van der Waals surface area contributed by atoms with Gasteiger partial charge in [0.05, 0.1) is 5.60 Å². The second kappa shape index (κ2) is 8.52. The van der Waals surface area contributed by atoms with Crippen LogP contribution in [0.25, 0.3) is 0 Å². The fourth-order valence-corrected chi connectivity index (χ4v) is 4.64. The SMILES string of the molecule is CN=C(NCC1(O)CCCCC1)N1CCC(CN2CCCCC2)C1. The van der Waals surface area contributed by atoms with E-state index in [-0.39, 0.29) is 0 Å². The second-order valence-electron chi connectivity index (χ2n) is 8.15. The van der Waals surface area contributed by atoms with E-state index in [0.717, 1.165) is 50.7 Å². The summed E-state index contributed by atoms with van der Waals surface area (Å²) in [6.07, 6.45) is 10.8. The van der Waals surface area contributed by atoms with Crippen molar-refractivity contribution in [3.63, 3.8) is 0 Å². The van der Waals surface area contributed by atoms with Gasteiger partial charge in [-0.15, -0.1) is 0 Å². The summed E-state index contributed by atoms with van der Waals surface area (Å²) < 4.78 is 0. The van der Waals surface area contributed by atoms with E-state index in [4.69, 9.17) is 0 Å². The third kappa shape index (κ3) is 4.85. The minimum Gasteiger partial charge on any atom is -0.388 e. The number of hydrogen-bond donors (Lipinski definition) is 2. The third-order valence-electron chi connectivity index (χ3n) is 6.12. The molecule has 0 aromatic heterocycles. The number of rotatable bonds is 4. The maximum absolute atomic E-state index is 10.7. The van der Waals surface area contributed by atoms with Crippen molar-refractivity contribution < 1.29 is 5.11 Å². The molecule has 2 saturated heterocycles. The molecule has 0 amide bonds. The topological polar surface area (TPSA) is 51.1 Å². The van der Waals surface area contributed by atoms with Crippen molar-refractivity contribution in [2.75, 3.05) is 46.3 Å². The first kappa shape index (κ1) is 18.0. The van der Waals surface area contributed by atoms with Crippen molar-refractivity contribution in [2.45, 2.75) is 63.4 Å². The zero-order valence-corrected chi connectivity index (χ0v) is 15.5. The van der Waals surface area contributed by atoms with E-state index < -0.39 is 5.60 Å². The smallest absolute Gasteiger partial charge is 0.193 e. The number of hydrogen-bond acceptors (Lipinski definition) is 3. The summed E-state index contributed by atoms with van der Waals surface area (Å²) in [4.78, 5) is 9.51. The van der Waals surface area contributed by atoms with Gasteiger partial charge in [-0.1, -0.05) is 25.7 Å². The minimum atomic E-state index is -0.527. The molecule has 0 aromatic rings. The lowest BCUT2D eigenvalue weighted by atomic mass is 9.85. The van der Waals surface area contributed by atoms with Crippen molar-refractivity contribution in [2.24, 2.45) is 10.9 Å². The fourth-order valence-electron chi connectivity index (χ4n) is 4.64. The van der Waals surface area contributed by atoms with Crippen LogP contribution in [0.4, 0.5) is 0 Å². The van der Waals surface area contributed by atoms with Crippen molar-refractivity contribution >= 4 is 5.96 Å². The Balaban J connectivity index is 1.44. The molecule has 1 atom stereocenters. The van der Waals surface area contributed by atoms with Crippen LogP contribution >= 0.6 is 0 Å². The molecule has 2 aliphatic heterocycles. The number of guanidine groups is 1. The molecule has 1 aliphatic carbocycles. The third-order valence-corrected chi connectivity index (χ3v) is 6.12. The number of likely N-dealkylation sites (tertiary alicyclic amines) is 2. The molecular weight excluding hydrogens is 300 g/mol. The number of nitrogens with zero attached hydrogens (tertiary/aromatic N) is 3. The van der Waals surface area contributed by atoms with Gasteiger partial charge in [0.25, 0.3) is 0 Å². The van der Waals surface area contributed by atoms with Gasteiger partial charge < -0.3 is 20.2 Å². The van der Waals surface area contributed by atoms with Crippen LogP contribution in [0.15, 0.2) is 4.99 Å². The molecule has 0 spiro atoms. The van der Waals surface area contributed by atoms with Gasteiger partial charge in [-0.25, -0.2) is 0 Å². The largest absolute Gasteiger partial charge is 0.388 e. The van der Waals surface area contributed by atoms with E-state index in [2.05, 4.69) is 20.1 Å². The normalized spacial score (nSPS) is 29.0. The van der Waals surface area contributed by atoms with Crippen LogP contribution < -0.4 is 5.32 Å². The zero-order chi connectivity index (χ0) is 16.8. The highest BCUT2D eigenvalue weighted by Gasteiger charge is 2.31. The van der Waals surface area contributed by atoms with Crippen molar-refractivity contribution in [1.29, 1.82) is 0 Å². The Hall–Kier alpha value is -0.810. The maximum atomic E-state index is 10.7. The summed E-state index contributed by atoms with van der Waals surface area (Å²) in [5.41, 5.74) is -0.527. The number of nitrogens with one attached hydrogen (secondary N) is 1. The highest BCUT2D eigenvalue weighted by molar-refractivity contribution is 5.80. The molecule has 0 aromatic carbocycles. The first-order valence-corrected chi connectivity index (χ1v) is 10.1. The molecule has 138 valence electrons. The van der Waals surface area contributed by atoms with E-state index in [1.807, 2.05) is 7.05 Å². The molecule has 2 heterocycles. The summed E-state index contributed by atoms with van der Waals surface area (Å²) in [6.45, 7) is 6.67. The average molecular weight is 337 g/mol. The molecule has 1 unspecified atom stereocenters. The Morgan fingerprint density at radius 3 is 2.50 bits per heavy atom. The molecule has 2 N–H and O–H groups in total. The van der Waals surface area contributed by atoms with Gasteiger partial charge in [0.2, 0.25) is 0 Å². The monoisotopic (exact) mass is 336 g/mol. The molecule has 5 nitrogen and oxygen atoms in total. The highest BCUT2D eigenvalue weighted by atomic mass is 16.3. The van der Waals surface area contributed by atoms with E-state index in [1.54, 1.807) is 0 Å². The second-order valence-corrected chi connectivity index (χ2v) is 8.15. The number of piperidine rings is 1. The lowest BCUT2D eigenvalue weighted by Crippen LogP contribution is -2.49. The minimum absolute atomic E-state index is 0.527. The fraction of sp³-hybridized carbons (Fsp3) is 0.947. The number of aliphatic imine (C=N–C) groups is 1. The van der Waals surface area contributed by atoms with Crippen molar-refractivity contribution in [1.82, 2.24) is 15.1 Å². The highest BCUT2D eigenvalue weighted by Crippen LogP contribution is 2.27. The maximum Gasteiger partial charge on any atom is 0.193 e. The zero-order valence-electron chi connectivity index (χ0n) is 15.5. The Morgan fingerprint density at radius 2 is 1.79 bits per heavy atom. The van der Waals surface area contributed by atoms with Crippen LogP contribution in [0.5, 0.6) is 0 Å². The quantitative estimate of drug-likeness (QED) is 0.609. The molecule has 5 heteroatoms. The van der Waals surface area contributed by atoms with Gasteiger partial charge in [-0.3, -0.25) is 4.99 Å². The Bertz CT molecular complexity index is 414. The summed E-state index contributed by atoms with van der Waals surface area (Å²) in [5.74, 6) is 1.74. The molecule has 1 saturated carbocycles. The summed E-state index contributed by atoms with van der Waals surface area (Å²) >= 11 is 0. The lowest BCUT2D eigenvalue weighted by molar-refractivity contribution is 0.00819. The summed E-state index contributed by atoms with van der Waals surface area (Å²) in [6, 6.07) is 0. The van der Waals surface area contributed by atoms with E-state index >= 15 is 0 Å². The van der Waals surface area contributed by atoms with Crippen molar-refractivity contribution in [3.05, 3.63) is 0 Å². The molecule has 0 bridgehead atoms. The van der Waals surface area contributed by atoms with Crippen LogP contribution in [-0.2, 0) is 0 Å². The summed E-state index contributed by atoms with van der Waals surface area (Å²) in [7, 11) is 1.87. The Morgan fingerprint density at radius 1 is 1.08 bits per heavy atom. The van der Waals surface area contributed by atoms with Gasteiger partial charge in [0.15, 0.2) is 5.96 Å². The van der Waals surface area contributed by atoms with Gasteiger partial charge >= 0.3 is 0 Å². The van der Waals surface area contributed by atoms with Gasteiger partial charge in [0, 0.05) is 33.2 Å². The predicted molar refractivity (Wildman–Crippen MR) is 99.4 cm³/mol. The molecule has 3 fully saturated rings. The average Bonchev–Trinajstić information content (AvgIpc) is 3.05. The first-order chi connectivity index (χ1) is 11.7.